The van der Waals surface area contributed by atoms with Crippen LogP contribution in [0.5, 0.6) is 11.5 Å². The molecule has 0 saturated heterocycles. The number of nitrogens with zero attached hydrogens (tertiary/aromatic N) is 1. The maximum atomic E-state index is 12.4. The van der Waals surface area contributed by atoms with Gasteiger partial charge in [0, 0.05) is 6.07 Å². The van der Waals surface area contributed by atoms with Gasteiger partial charge < -0.3 is 14.8 Å². The highest BCUT2D eigenvalue weighted by molar-refractivity contribution is 7.92. The van der Waals surface area contributed by atoms with Crippen molar-refractivity contribution in [1.82, 2.24) is 5.32 Å². The van der Waals surface area contributed by atoms with Gasteiger partial charge in [0.05, 0.1) is 25.6 Å². The molecule has 1 N–H and O–H groups in total. The van der Waals surface area contributed by atoms with E-state index in [4.69, 9.17) is 9.47 Å². The highest BCUT2D eigenvalue weighted by atomic mass is 32.2. The molecule has 2 aromatic rings. The third kappa shape index (κ3) is 5.89. The molecule has 1 amide bonds. The monoisotopic (exact) mass is 392 g/mol. The van der Waals surface area contributed by atoms with Crippen molar-refractivity contribution < 1.29 is 22.7 Å². The van der Waals surface area contributed by atoms with Crippen molar-refractivity contribution in [3.8, 4) is 11.5 Å². The summed E-state index contributed by atoms with van der Waals surface area (Å²) in [6.45, 7) is 2.04. The lowest BCUT2D eigenvalue weighted by molar-refractivity contribution is -0.121. The lowest BCUT2D eigenvalue weighted by atomic mass is 10.2. The van der Waals surface area contributed by atoms with Crippen molar-refractivity contribution in [2.75, 3.05) is 30.8 Å². The van der Waals surface area contributed by atoms with E-state index in [1.165, 1.54) is 0 Å². The second-order valence-corrected chi connectivity index (χ2v) is 7.75. The third-order valence-corrected chi connectivity index (χ3v) is 5.05. The van der Waals surface area contributed by atoms with Crippen LogP contribution in [0.2, 0.25) is 0 Å². The number of hydrogen-bond donors (Lipinski definition) is 1. The van der Waals surface area contributed by atoms with Gasteiger partial charge >= 0.3 is 0 Å². The predicted molar refractivity (Wildman–Crippen MR) is 105 cm³/mol. The van der Waals surface area contributed by atoms with Crippen molar-refractivity contribution in [2.45, 2.75) is 13.0 Å². The molecule has 0 fully saturated rings. The predicted octanol–water partition coefficient (Wildman–Crippen LogP) is 2.04. The van der Waals surface area contributed by atoms with E-state index in [1.807, 2.05) is 0 Å². The molecular formula is C19H24N2O5S. The minimum absolute atomic E-state index is 0.243. The SMILES string of the molecule is COc1cccc(OCCNC(=O)[C@H](C)N(c2ccccc2)S(C)(=O)=O)c1. The first kappa shape index (κ1) is 20.6. The molecule has 0 aliphatic carbocycles. The van der Waals surface area contributed by atoms with Gasteiger partial charge in [0.1, 0.15) is 24.1 Å². The topological polar surface area (TPSA) is 84.9 Å². The van der Waals surface area contributed by atoms with Gasteiger partial charge in [0.15, 0.2) is 0 Å². The molecule has 8 heteroatoms. The van der Waals surface area contributed by atoms with Crippen molar-refractivity contribution >= 4 is 21.6 Å². The number of methoxy groups -OCH3 is 1. The molecule has 0 saturated carbocycles. The fourth-order valence-electron chi connectivity index (χ4n) is 2.57. The van der Waals surface area contributed by atoms with Gasteiger partial charge in [-0.05, 0) is 31.2 Å². The summed E-state index contributed by atoms with van der Waals surface area (Å²) in [4.78, 5) is 12.4. The number of para-hydroxylation sites is 1. The van der Waals surface area contributed by atoms with Crippen molar-refractivity contribution in [2.24, 2.45) is 0 Å². The number of nitrogens with one attached hydrogen (secondary N) is 1. The molecular weight excluding hydrogens is 368 g/mol. The number of ether oxygens (including phenoxy) is 2. The molecule has 0 bridgehead atoms. The Morgan fingerprint density at radius 3 is 2.41 bits per heavy atom. The normalized spacial score (nSPS) is 12.1. The van der Waals surface area contributed by atoms with E-state index < -0.39 is 22.0 Å². The van der Waals surface area contributed by atoms with Crippen molar-refractivity contribution in [1.29, 1.82) is 0 Å². The number of sulfonamides is 1. The lowest BCUT2D eigenvalue weighted by Gasteiger charge is -2.28. The zero-order valence-electron chi connectivity index (χ0n) is 15.6. The smallest absolute Gasteiger partial charge is 0.243 e. The van der Waals surface area contributed by atoms with E-state index in [9.17, 15) is 13.2 Å². The Morgan fingerprint density at radius 1 is 1.11 bits per heavy atom. The van der Waals surface area contributed by atoms with Crippen LogP contribution in [0.3, 0.4) is 0 Å². The fourth-order valence-corrected chi connectivity index (χ4v) is 3.74. The first-order valence-electron chi connectivity index (χ1n) is 8.42. The molecule has 2 aromatic carbocycles. The molecule has 0 heterocycles. The Hall–Kier alpha value is -2.74. The Morgan fingerprint density at radius 2 is 1.78 bits per heavy atom. The maximum Gasteiger partial charge on any atom is 0.243 e. The third-order valence-electron chi connectivity index (χ3n) is 3.81. The summed E-state index contributed by atoms with van der Waals surface area (Å²) >= 11 is 0. The number of carbonyl (C=O) groups is 1. The van der Waals surface area contributed by atoms with E-state index in [0.717, 1.165) is 10.6 Å². The van der Waals surface area contributed by atoms with Crippen LogP contribution >= 0.6 is 0 Å². The minimum Gasteiger partial charge on any atom is -0.497 e. The Labute approximate surface area is 160 Å². The van der Waals surface area contributed by atoms with E-state index in [0.29, 0.717) is 17.2 Å². The molecule has 0 aliphatic rings. The van der Waals surface area contributed by atoms with Crippen LogP contribution in [-0.2, 0) is 14.8 Å². The Kier molecular flexibility index (Phi) is 7.06. The lowest BCUT2D eigenvalue weighted by Crippen LogP contribution is -2.48. The van der Waals surface area contributed by atoms with Crippen LogP contribution in [-0.4, -0.2) is 46.9 Å². The van der Waals surface area contributed by atoms with Crippen LogP contribution in [0.25, 0.3) is 0 Å². The van der Waals surface area contributed by atoms with Crippen LogP contribution in [0.1, 0.15) is 6.92 Å². The average Bonchev–Trinajstić information content (AvgIpc) is 2.65. The number of hydrogen-bond acceptors (Lipinski definition) is 5. The Bertz CT molecular complexity index is 855. The first-order valence-corrected chi connectivity index (χ1v) is 10.3. The highest BCUT2D eigenvalue weighted by Gasteiger charge is 2.28. The summed E-state index contributed by atoms with van der Waals surface area (Å²) < 4.78 is 36.1. The molecule has 146 valence electrons. The molecule has 0 aliphatic heterocycles. The molecule has 2 rings (SSSR count). The summed E-state index contributed by atoms with van der Waals surface area (Å²) in [6, 6.07) is 14.8. The summed E-state index contributed by atoms with van der Waals surface area (Å²) in [6.07, 6.45) is 1.08. The second kappa shape index (κ2) is 9.27. The zero-order valence-corrected chi connectivity index (χ0v) is 16.4. The van der Waals surface area contributed by atoms with Crippen molar-refractivity contribution in [3.05, 3.63) is 54.6 Å². The number of amides is 1. The van der Waals surface area contributed by atoms with E-state index in [-0.39, 0.29) is 13.2 Å². The molecule has 1 atom stereocenters. The molecule has 0 unspecified atom stereocenters. The summed E-state index contributed by atoms with van der Waals surface area (Å²) in [5.41, 5.74) is 0.440. The molecule has 0 radical (unpaired) electrons. The summed E-state index contributed by atoms with van der Waals surface area (Å²) in [5, 5.41) is 2.70. The Balaban J connectivity index is 1.93. The van der Waals surface area contributed by atoms with Gasteiger partial charge in [-0.25, -0.2) is 8.42 Å². The molecule has 0 aromatic heterocycles. The van der Waals surface area contributed by atoms with Crippen LogP contribution in [0.15, 0.2) is 54.6 Å². The summed E-state index contributed by atoms with van der Waals surface area (Å²) in [7, 11) is -2.05. The summed E-state index contributed by atoms with van der Waals surface area (Å²) in [5.74, 6) is 0.897. The number of rotatable bonds is 9. The van der Waals surface area contributed by atoms with Gasteiger partial charge in [0.2, 0.25) is 15.9 Å². The number of benzene rings is 2. The van der Waals surface area contributed by atoms with Crippen LogP contribution in [0.4, 0.5) is 5.69 Å². The van der Waals surface area contributed by atoms with Gasteiger partial charge in [-0.15, -0.1) is 0 Å². The largest absolute Gasteiger partial charge is 0.497 e. The van der Waals surface area contributed by atoms with E-state index in [2.05, 4.69) is 5.32 Å². The van der Waals surface area contributed by atoms with E-state index in [1.54, 1.807) is 68.6 Å². The van der Waals surface area contributed by atoms with Gasteiger partial charge in [-0.2, -0.15) is 0 Å². The number of anilines is 1. The van der Waals surface area contributed by atoms with Gasteiger partial charge in [-0.3, -0.25) is 9.10 Å². The van der Waals surface area contributed by atoms with Gasteiger partial charge in [-0.1, -0.05) is 24.3 Å². The molecule has 27 heavy (non-hydrogen) atoms. The van der Waals surface area contributed by atoms with Crippen LogP contribution in [0, 0.1) is 0 Å². The maximum absolute atomic E-state index is 12.4. The average molecular weight is 392 g/mol. The quantitative estimate of drug-likeness (QED) is 0.660. The second-order valence-electron chi connectivity index (χ2n) is 5.89. The van der Waals surface area contributed by atoms with Gasteiger partial charge in [0.25, 0.3) is 0 Å². The first-order chi connectivity index (χ1) is 12.8. The van der Waals surface area contributed by atoms with E-state index >= 15 is 0 Å². The standard InChI is InChI=1S/C19H24N2O5S/c1-15(21(27(3,23)24)16-8-5-4-6-9-16)19(22)20-12-13-26-18-11-7-10-17(14-18)25-2/h4-11,14-15H,12-13H2,1-3H3,(H,20,22)/t15-/m0/s1. The number of carbonyl (C=O) groups excluding carboxylic acids is 1. The molecule has 7 nitrogen and oxygen atoms in total. The molecule has 0 spiro atoms. The minimum atomic E-state index is -3.62. The van der Waals surface area contributed by atoms with Crippen LogP contribution < -0.4 is 19.1 Å². The highest BCUT2D eigenvalue weighted by Crippen LogP contribution is 2.20. The fraction of sp³-hybridized carbons (Fsp3) is 0.316. The van der Waals surface area contributed by atoms with Crippen molar-refractivity contribution in [3.63, 3.8) is 0 Å². The zero-order chi connectivity index (χ0) is 19.9.